The monoisotopic (exact) mass is 309 g/mol. The van der Waals surface area contributed by atoms with Gasteiger partial charge >= 0.3 is 6.09 Å². The molecule has 0 unspecified atom stereocenters. The highest BCUT2D eigenvalue weighted by Gasteiger charge is 2.09. The van der Waals surface area contributed by atoms with Crippen LogP contribution in [0.2, 0.25) is 0 Å². The fourth-order valence-corrected chi connectivity index (χ4v) is 2.53. The summed E-state index contributed by atoms with van der Waals surface area (Å²) >= 11 is 1.30. The van der Waals surface area contributed by atoms with Crippen molar-refractivity contribution in [1.29, 1.82) is 0 Å². The number of hydrogen-bond acceptors (Lipinski definition) is 6. The molecule has 21 heavy (non-hydrogen) atoms. The van der Waals surface area contributed by atoms with Gasteiger partial charge in [-0.05, 0) is 25.1 Å². The number of anilines is 2. The fourth-order valence-electron chi connectivity index (χ4n) is 1.64. The molecule has 1 aromatic heterocycles. The molecule has 0 fully saturated rings. The van der Waals surface area contributed by atoms with Crippen LogP contribution in [0.25, 0.3) is 10.2 Å². The molecule has 0 bridgehead atoms. The van der Waals surface area contributed by atoms with Crippen molar-refractivity contribution < 1.29 is 19.1 Å². The van der Waals surface area contributed by atoms with Crippen LogP contribution in [0.1, 0.15) is 6.92 Å². The Labute approximate surface area is 125 Å². The Balaban J connectivity index is 2.12. The van der Waals surface area contributed by atoms with Crippen LogP contribution in [-0.4, -0.2) is 37.3 Å². The molecule has 0 saturated heterocycles. The molecule has 2 aromatic rings. The highest BCUT2D eigenvalue weighted by atomic mass is 32.1. The summed E-state index contributed by atoms with van der Waals surface area (Å²) in [5.41, 5.74) is 1.38. The van der Waals surface area contributed by atoms with E-state index in [0.29, 0.717) is 17.4 Å². The van der Waals surface area contributed by atoms with Crippen molar-refractivity contribution in [3.8, 4) is 0 Å². The molecule has 8 heteroatoms. The first-order chi connectivity index (χ1) is 10.1. The summed E-state index contributed by atoms with van der Waals surface area (Å²) < 4.78 is 10.4. The molecule has 0 saturated carbocycles. The third kappa shape index (κ3) is 4.14. The smallest absolute Gasteiger partial charge is 0.413 e. The summed E-state index contributed by atoms with van der Waals surface area (Å²) in [5.74, 6) is -0.230. The summed E-state index contributed by atoms with van der Waals surface area (Å²) in [4.78, 5) is 27.0. The lowest BCUT2D eigenvalue weighted by Crippen LogP contribution is -2.16. The van der Waals surface area contributed by atoms with Gasteiger partial charge in [-0.25, -0.2) is 9.78 Å². The number of amides is 2. The van der Waals surface area contributed by atoms with E-state index in [9.17, 15) is 9.59 Å². The third-order valence-electron chi connectivity index (χ3n) is 2.43. The fraction of sp³-hybridized carbons (Fsp3) is 0.308. The molecule has 1 aromatic carbocycles. The maximum absolute atomic E-state index is 11.4. The van der Waals surface area contributed by atoms with E-state index in [-0.39, 0.29) is 12.5 Å². The van der Waals surface area contributed by atoms with Crippen molar-refractivity contribution >= 4 is 44.4 Å². The van der Waals surface area contributed by atoms with Gasteiger partial charge in [-0.1, -0.05) is 11.3 Å². The zero-order valence-electron chi connectivity index (χ0n) is 11.6. The molecular formula is C13H15N3O4S. The predicted molar refractivity (Wildman–Crippen MR) is 80.8 cm³/mol. The summed E-state index contributed by atoms with van der Waals surface area (Å²) in [6.07, 6.45) is -0.537. The molecule has 2 N–H and O–H groups in total. The third-order valence-corrected chi connectivity index (χ3v) is 3.37. The zero-order valence-corrected chi connectivity index (χ0v) is 12.5. The number of aromatic nitrogens is 1. The highest BCUT2D eigenvalue weighted by molar-refractivity contribution is 7.22. The van der Waals surface area contributed by atoms with Crippen molar-refractivity contribution in [1.82, 2.24) is 4.98 Å². The standard InChI is InChI=1S/C13H15N3O4S/c1-3-20-13(18)16-12-15-9-5-4-8(6-10(9)21-12)14-11(17)7-19-2/h4-6H,3,7H2,1-2H3,(H,14,17)(H,15,16,18). The maximum atomic E-state index is 11.4. The Morgan fingerprint density at radius 3 is 2.86 bits per heavy atom. The van der Waals surface area contributed by atoms with Gasteiger partial charge in [0.2, 0.25) is 5.91 Å². The van der Waals surface area contributed by atoms with Crippen molar-refractivity contribution in [2.24, 2.45) is 0 Å². The van der Waals surface area contributed by atoms with Gasteiger partial charge in [0.05, 0.1) is 16.8 Å². The number of carbonyl (C=O) groups excluding carboxylic acids is 2. The van der Waals surface area contributed by atoms with Crippen LogP contribution < -0.4 is 10.6 Å². The predicted octanol–water partition coefficient (Wildman–Crippen LogP) is 2.45. The SMILES string of the molecule is CCOC(=O)Nc1nc2ccc(NC(=O)COC)cc2s1. The second kappa shape index (κ2) is 7.00. The average molecular weight is 309 g/mol. The van der Waals surface area contributed by atoms with Crippen LogP contribution in [-0.2, 0) is 14.3 Å². The van der Waals surface area contributed by atoms with Crippen LogP contribution in [0.3, 0.4) is 0 Å². The van der Waals surface area contributed by atoms with Crippen molar-refractivity contribution in [3.63, 3.8) is 0 Å². The van der Waals surface area contributed by atoms with Gasteiger partial charge in [0.25, 0.3) is 0 Å². The van der Waals surface area contributed by atoms with Gasteiger partial charge in [0.1, 0.15) is 6.61 Å². The normalized spacial score (nSPS) is 10.4. The van der Waals surface area contributed by atoms with E-state index >= 15 is 0 Å². The second-order valence-corrected chi connectivity index (χ2v) is 5.06. The number of benzene rings is 1. The molecule has 112 valence electrons. The Morgan fingerprint density at radius 2 is 2.14 bits per heavy atom. The zero-order chi connectivity index (χ0) is 15.2. The van der Waals surface area contributed by atoms with Crippen LogP contribution in [0.4, 0.5) is 15.6 Å². The molecular weight excluding hydrogens is 294 g/mol. The highest BCUT2D eigenvalue weighted by Crippen LogP contribution is 2.28. The van der Waals surface area contributed by atoms with Gasteiger partial charge in [-0.3, -0.25) is 10.1 Å². The number of nitrogens with one attached hydrogen (secondary N) is 2. The van der Waals surface area contributed by atoms with E-state index < -0.39 is 6.09 Å². The second-order valence-electron chi connectivity index (χ2n) is 4.03. The Kier molecular flexibility index (Phi) is 5.07. The van der Waals surface area contributed by atoms with E-state index in [1.54, 1.807) is 25.1 Å². The maximum Gasteiger partial charge on any atom is 0.413 e. The summed E-state index contributed by atoms with van der Waals surface area (Å²) in [7, 11) is 1.46. The summed E-state index contributed by atoms with van der Waals surface area (Å²) in [6, 6.07) is 5.30. The number of ether oxygens (including phenoxy) is 2. The van der Waals surface area contributed by atoms with Crippen molar-refractivity contribution in [3.05, 3.63) is 18.2 Å². The van der Waals surface area contributed by atoms with Crippen LogP contribution in [0.15, 0.2) is 18.2 Å². The number of hydrogen-bond donors (Lipinski definition) is 2. The first-order valence-electron chi connectivity index (χ1n) is 6.25. The van der Waals surface area contributed by atoms with Gasteiger partial charge < -0.3 is 14.8 Å². The number of nitrogens with zero attached hydrogens (tertiary/aromatic N) is 1. The molecule has 0 aliphatic carbocycles. The van der Waals surface area contributed by atoms with Crippen molar-refractivity contribution in [2.75, 3.05) is 31.0 Å². The topological polar surface area (TPSA) is 89.5 Å². The minimum Gasteiger partial charge on any atom is -0.450 e. The lowest BCUT2D eigenvalue weighted by atomic mass is 10.3. The molecule has 1 heterocycles. The lowest BCUT2D eigenvalue weighted by molar-refractivity contribution is -0.119. The molecule has 0 aliphatic rings. The number of thiazole rings is 1. The summed E-state index contributed by atoms with van der Waals surface area (Å²) in [5, 5.41) is 5.71. The van der Waals surface area contributed by atoms with Gasteiger partial charge in [-0.2, -0.15) is 0 Å². The molecule has 2 amide bonds. The minimum absolute atomic E-state index is 0.00358. The molecule has 2 rings (SSSR count). The molecule has 7 nitrogen and oxygen atoms in total. The van der Waals surface area contributed by atoms with E-state index in [1.807, 2.05) is 0 Å². The van der Waals surface area contributed by atoms with Gasteiger partial charge in [0.15, 0.2) is 5.13 Å². The average Bonchev–Trinajstić information content (AvgIpc) is 2.80. The van der Waals surface area contributed by atoms with E-state index in [2.05, 4.69) is 15.6 Å². The Morgan fingerprint density at radius 1 is 1.33 bits per heavy atom. The Bertz CT molecular complexity index is 638. The summed E-state index contributed by atoms with van der Waals surface area (Å²) in [6.45, 7) is 2.02. The van der Waals surface area contributed by atoms with E-state index in [0.717, 1.165) is 10.2 Å². The van der Waals surface area contributed by atoms with E-state index in [4.69, 9.17) is 9.47 Å². The number of methoxy groups -OCH3 is 1. The van der Waals surface area contributed by atoms with E-state index in [1.165, 1.54) is 18.4 Å². The Hall–Kier alpha value is -2.19. The molecule has 0 spiro atoms. The minimum atomic E-state index is -0.537. The van der Waals surface area contributed by atoms with Gasteiger partial charge in [-0.15, -0.1) is 0 Å². The lowest BCUT2D eigenvalue weighted by Gasteiger charge is -2.03. The van der Waals surface area contributed by atoms with Gasteiger partial charge in [0, 0.05) is 12.8 Å². The van der Waals surface area contributed by atoms with Crippen LogP contribution >= 0.6 is 11.3 Å². The number of fused-ring (bicyclic) bond motifs is 1. The molecule has 0 atom stereocenters. The molecule has 0 aliphatic heterocycles. The first-order valence-corrected chi connectivity index (χ1v) is 7.07. The van der Waals surface area contributed by atoms with Crippen molar-refractivity contribution in [2.45, 2.75) is 6.92 Å². The molecule has 0 radical (unpaired) electrons. The quantitative estimate of drug-likeness (QED) is 0.885. The van der Waals surface area contributed by atoms with Crippen LogP contribution in [0.5, 0.6) is 0 Å². The van der Waals surface area contributed by atoms with Crippen LogP contribution in [0, 0.1) is 0 Å². The number of rotatable bonds is 5. The number of carbonyl (C=O) groups is 2. The largest absolute Gasteiger partial charge is 0.450 e. The first kappa shape index (κ1) is 15.2.